The Labute approximate surface area is 113 Å². The predicted molar refractivity (Wildman–Crippen MR) is 70.2 cm³/mol. The van der Waals surface area contributed by atoms with E-state index in [-0.39, 0.29) is 13.0 Å². The number of H-pyrrole nitrogens is 1. The highest BCUT2D eigenvalue weighted by Crippen LogP contribution is 2.33. The predicted octanol–water partition coefficient (Wildman–Crippen LogP) is 2.98. The summed E-state index contributed by atoms with van der Waals surface area (Å²) in [7, 11) is 0. The summed E-state index contributed by atoms with van der Waals surface area (Å²) in [5.74, 6) is -0.890. The van der Waals surface area contributed by atoms with Gasteiger partial charge in [-0.2, -0.15) is 0 Å². The molecule has 0 amide bonds. The van der Waals surface area contributed by atoms with Gasteiger partial charge in [-0.3, -0.25) is 4.79 Å². The lowest BCUT2D eigenvalue weighted by atomic mass is 10.1. The molecule has 0 bridgehead atoms. The van der Waals surface area contributed by atoms with Crippen LogP contribution in [-0.4, -0.2) is 21.2 Å². The van der Waals surface area contributed by atoms with Crippen molar-refractivity contribution in [3.05, 3.63) is 33.4 Å². The number of halogens is 2. The summed E-state index contributed by atoms with van der Waals surface area (Å²) in [4.78, 5) is 13.6. The van der Waals surface area contributed by atoms with E-state index in [9.17, 15) is 9.90 Å². The number of carboxylic acid groups (broad SMARTS) is 1. The van der Waals surface area contributed by atoms with Crippen LogP contribution >= 0.6 is 23.2 Å². The number of hydrogen-bond acceptors (Lipinski definition) is 2. The highest BCUT2D eigenvalue weighted by Gasteiger charge is 2.15. The quantitative estimate of drug-likeness (QED) is 0.809. The van der Waals surface area contributed by atoms with Gasteiger partial charge < -0.3 is 15.2 Å². The van der Waals surface area contributed by atoms with Crippen LogP contribution in [0.5, 0.6) is 0 Å². The molecule has 0 radical (unpaired) electrons. The second-order valence-corrected chi connectivity index (χ2v) is 4.79. The summed E-state index contributed by atoms with van der Waals surface area (Å²) in [6.45, 7) is -0.197. The minimum Gasteiger partial charge on any atom is -0.481 e. The summed E-state index contributed by atoms with van der Waals surface area (Å²) in [6, 6.07) is 3.30. The molecule has 0 spiro atoms. The zero-order valence-corrected chi connectivity index (χ0v) is 10.8. The van der Waals surface area contributed by atoms with Crippen molar-refractivity contribution in [2.24, 2.45) is 0 Å². The average Bonchev–Trinajstić information content (AvgIpc) is 2.64. The molecule has 0 atom stereocenters. The van der Waals surface area contributed by atoms with Crippen molar-refractivity contribution in [3.63, 3.8) is 0 Å². The minimum atomic E-state index is -0.890. The summed E-state index contributed by atoms with van der Waals surface area (Å²) < 4.78 is 0. The molecular formula is C12H11Cl2NO3. The molecule has 3 N–H and O–H groups in total. The first kappa shape index (κ1) is 13.2. The van der Waals surface area contributed by atoms with Crippen LogP contribution in [-0.2, 0) is 17.8 Å². The maximum atomic E-state index is 10.6. The van der Waals surface area contributed by atoms with Crippen LogP contribution in [0.2, 0.25) is 10.0 Å². The van der Waals surface area contributed by atoms with Gasteiger partial charge in [0.05, 0.1) is 11.6 Å². The Kier molecular flexibility index (Phi) is 3.80. The van der Waals surface area contributed by atoms with Crippen LogP contribution in [0.3, 0.4) is 0 Å². The van der Waals surface area contributed by atoms with E-state index in [1.807, 2.05) is 0 Å². The average molecular weight is 288 g/mol. The number of aliphatic hydroxyl groups is 1. The first-order chi connectivity index (χ1) is 8.52. The van der Waals surface area contributed by atoms with E-state index in [1.165, 1.54) is 0 Å². The van der Waals surface area contributed by atoms with E-state index >= 15 is 0 Å². The fourth-order valence-corrected chi connectivity index (χ4v) is 2.62. The van der Waals surface area contributed by atoms with Crippen molar-refractivity contribution >= 4 is 40.1 Å². The number of aliphatic carboxylic acids is 1. The number of carboxylic acids is 1. The number of rotatable bonds is 4. The lowest BCUT2D eigenvalue weighted by molar-refractivity contribution is -0.136. The van der Waals surface area contributed by atoms with Gasteiger partial charge in [-0.05, 0) is 24.1 Å². The third-order valence-electron chi connectivity index (χ3n) is 2.75. The van der Waals surface area contributed by atoms with Crippen molar-refractivity contribution < 1.29 is 15.0 Å². The third-order valence-corrected chi connectivity index (χ3v) is 3.27. The molecule has 4 nitrogen and oxygen atoms in total. The lowest BCUT2D eigenvalue weighted by Crippen LogP contribution is -1.99. The second-order valence-electron chi connectivity index (χ2n) is 3.94. The highest BCUT2D eigenvalue weighted by molar-refractivity contribution is 6.38. The van der Waals surface area contributed by atoms with Gasteiger partial charge in [0.15, 0.2) is 0 Å². The first-order valence-corrected chi connectivity index (χ1v) is 6.09. The molecule has 1 heterocycles. The third kappa shape index (κ3) is 2.46. The molecule has 1 aromatic heterocycles. The summed E-state index contributed by atoms with van der Waals surface area (Å²) in [6.07, 6.45) is 0.297. The first-order valence-electron chi connectivity index (χ1n) is 5.34. The normalized spacial score (nSPS) is 11.1. The Morgan fingerprint density at radius 1 is 1.33 bits per heavy atom. The van der Waals surface area contributed by atoms with Crippen LogP contribution in [0.1, 0.15) is 17.7 Å². The fraction of sp³-hybridized carbons (Fsp3) is 0.250. The summed E-state index contributed by atoms with van der Waals surface area (Å²) in [5, 5.41) is 19.7. The highest BCUT2D eigenvalue weighted by atomic mass is 35.5. The number of aromatic nitrogens is 1. The largest absolute Gasteiger partial charge is 0.481 e. The van der Waals surface area contributed by atoms with Crippen molar-refractivity contribution in [2.75, 3.05) is 0 Å². The van der Waals surface area contributed by atoms with Crippen LogP contribution in [0, 0.1) is 0 Å². The molecule has 2 aromatic rings. The van der Waals surface area contributed by atoms with Crippen molar-refractivity contribution in [3.8, 4) is 0 Å². The standard InChI is InChI=1S/C12H11Cl2NO3/c13-6-3-8(14)12-7(1-2-11(17)18)10(5-16)15-9(12)4-6/h3-4,15-16H,1-2,5H2,(H,17,18). The molecule has 1 aromatic carbocycles. The zero-order valence-electron chi connectivity index (χ0n) is 9.33. The van der Waals surface area contributed by atoms with Crippen LogP contribution in [0.4, 0.5) is 0 Å². The van der Waals surface area contributed by atoms with E-state index in [0.29, 0.717) is 27.7 Å². The monoisotopic (exact) mass is 287 g/mol. The summed E-state index contributed by atoms with van der Waals surface area (Å²) in [5.41, 5.74) is 2.02. The van der Waals surface area contributed by atoms with Gasteiger partial charge in [0, 0.05) is 28.0 Å². The molecule has 0 unspecified atom stereocenters. The number of hydrogen-bond donors (Lipinski definition) is 3. The molecule has 0 aliphatic rings. The number of fused-ring (bicyclic) bond motifs is 1. The molecular weight excluding hydrogens is 277 g/mol. The van der Waals surface area contributed by atoms with Gasteiger partial charge in [-0.25, -0.2) is 0 Å². The molecule has 0 saturated carbocycles. The van der Waals surface area contributed by atoms with Crippen LogP contribution in [0.15, 0.2) is 12.1 Å². The second kappa shape index (κ2) is 5.18. The minimum absolute atomic E-state index is 0.0150. The van der Waals surface area contributed by atoms with Gasteiger partial charge in [0.2, 0.25) is 0 Å². The van der Waals surface area contributed by atoms with Gasteiger partial charge in [-0.1, -0.05) is 23.2 Å². The van der Waals surface area contributed by atoms with E-state index in [0.717, 1.165) is 10.9 Å². The smallest absolute Gasteiger partial charge is 0.303 e. The number of aryl methyl sites for hydroxylation is 1. The number of aromatic amines is 1. The van der Waals surface area contributed by atoms with E-state index in [2.05, 4.69) is 4.98 Å². The topological polar surface area (TPSA) is 73.3 Å². The number of aliphatic hydroxyl groups excluding tert-OH is 1. The van der Waals surface area contributed by atoms with Gasteiger partial charge in [0.1, 0.15) is 0 Å². The van der Waals surface area contributed by atoms with Gasteiger partial charge in [0.25, 0.3) is 0 Å². The van der Waals surface area contributed by atoms with E-state index in [4.69, 9.17) is 28.3 Å². The molecule has 18 heavy (non-hydrogen) atoms. The maximum absolute atomic E-state index is 10.6. The summed E-state index contributed by atoms with van der Waals surface area (Å²) >= 11 is 12.0. The molecule has 0 aliphatic carbocycles. The molecule has 96 valence electrons. The number of benzene rings is 1. The Bertz CT molecular complexity index is 607. The van der Waals surface area contributed by atoms with Crippen molar-refractivity contribution in [2.45, 2.75) is 19.4 Å². The van der Waals surface area contributed by atoms with E-state index < -0.39 is 5.97 Å². The zero-order chi connectivity index (χ0) is 13.3. The molecule has 6 heteroatoms. The number of nitrogens with one attached hydrogen (secondary N) is 1. The van der Waals surface area contributed by atoms with Crippen LogP contribution < -0.4 is 0 Å². The van der Waals surface area contributed by atoms with Crippen molar-refractivity contribution in [1.29, 1.82) is 0 Å². The van der Waals surface area contributed by atoms with E-state index in [1.54, 1.807) is 12.1 Å². The lowest BCUT2D eigenvalue weighted by Gasteiger charge is -2.02. The van der Waals surface area contributed by atoms with Crippen molar-refractivity contribution in [1.82, 2.24) is 4.98 Å². The Morgan fingerprint density at radius 3 is 2.67 bits per heavy atom. The Hall–Kier alpha value is -1.23. The van der Waals surface area contributed by atoms with Gasteiger partial charge >= 0.3 is 5.97 Å². The molecule has 2 rings (SSSR count). The number of carbonyl (C=O) groups is 1. The maximum Gasteiger partial charge on any atom is 0.303 e. The Morgan fingerprint density at radius 2 is 2.06 bits per heavy atom. The van der Waals surface area contributed by atoms with Crippen LogP contribution in [0.25, 0.3) is 10.9 Å². The molecule has 0 aliphatic heterocycles. The molecule has 0 fully saturated rings. The Balaban J connectivity index is 2.57. The van der Waals surface area contributed by atoms with Gasteiger partial charge in [-0.15, -0.1) is 0 Å². The SMILES string of the molecule is O=C(O)CCc1c(CO)[nH]c2cc(Cl)cc(Cl)c12. The molecule has 0 saturated heterocycles. The fourth-order valence-electron chi connectivity index (χ4n) is 2.01.